The van der Waals surface area contributed by atoms with Gasteiger partial charge in [0.05, 0.1) is 22.7 Å². The van der Waals surface area contributed by atoms with Crippen molar-refractivity contribution in [2.45, 2.75) is 0 Å². The van der Waals surface area contributed by atoms with Crippen LogP contribution in [-0.4, -0.2) is 17.1 Å². The monoisotopic (exact) mass is 365 g/mol. The van der Waals surface area contributed by atoms with Crippen LogP contribution in [0.2, 0.25) is 0 Å². The molecule has 0 radical (unpaired) electrons. The third-order valence-electron chi connectivity index (χ3n) is 3.58. The van der Waals surface area contributed by atoms with E-state index in [2.05, 4.69) is 10.1 Å². The summed E-state index contributed by atoms with van der Waals surface area (Å²) in [6, 6.07) is 16.5. The van der Waals surface area contributed by atoms with Crippen LogP contribution in [0.5, 0.6) is 0 Å². The van der Waals surface area contributed by atoms with Gasteiger partial charge in [-0.15, -0.1) is 0 Å². The second kappa shape index (κ2) is 6.89. The number of benzene rings is 2. The van der Waals surface area contributed by atoms with Gasteiger partial charge in [0.1, 0.15) is 11.6 Å². The van der Waals surface area contributed by atoms with E-state index in [0.717, 1.165) is 0 Å². The molecule has 128 valence electrons. The number of carbonyl (C=O) groups excluding carboxylic acids is 1. The van der Waals surface area contributed by atoms with Crippen LogP contribution in [0.4, 0.5) is 9.52 Å². The number of rotatable bonds is 4. The Balaban J connectivity index is 1.77. The summed E-state index contributed by atoms with van der Waals surface area (Å²) in [6.07, 6.45) is 2.96. The van der Waals surface area contributed by atoms with E-state index < -0.39 is 0 Å². The Labute approximate surface area is 152 Å². The van der Waals surface area contributed by atoms with Crippen LogP contribution in [0.1, 0.15) is 16.1 Å². The number of hydrogen-bond donors (Lipinski definition) is 0. The Morgan fingerprint density at radius 3 is 2.77 bits per heavy atom. The smallest absolute Gasteiger partial charge is 0.280 e. The molecule has 7 heteroatoms. The highest BCUT2D eigenvalue weighted by molar-refractivity contribution is 7.22. The first-order valence-electron chi connectivity index (χ1n) is 7.74. The van der Waals surface area contributed by atoms with Crippen molar-refractivity contribution in [2.75, 3.05) is 5.01 Å². The number of nitrogens with zero attached hydrogens (tertiary/aromatic N) is 3. The minimum absolute atomic E-state index is 0.340. The number of amides is 1. The van der Waals surface area contributed by atoms with Crippen molar-refractivity contribution in [3.8, 4) is 0 Å². The van der Waals surface area contributed by atoms with Gasteiger partial charge in [0.2, 0.25) is 5.13 Å². The number of furan rings is 1. The fourth-order valence-electron chi connectivity index (χ4n) is 2.35. The maximum atomic E-state index is 13.5. The van der Waals surface area contributed by atoms with E-state index >= 15 is 0 Å². The third kappa shape index (κ3) is 3.25. The second-order valence-electron chi connectivity index (χ2n) is 5.35. The molecule has 5 nitrogen and oxygen atoms in total. The van der Waals surface area contributed by atoms with Gasteiger partial charge in [-0.3, -0.25) is 4.79 Å². The van der Waals surface area contributed by atoms with Crippen LogP contribution >= 0.6 is 11.3 Å². The zero-order chi connectivity index (χ0) is 17.9. The molecule has 0 saturated carbocycles. The van der Waals surface area contributed by atoms with Crippen LogP contribution in [0, 0.1) is 5.82 Å². The van der Waals surface area contributed by atoms with Crippen LogP contribution in [0.15, 0.2) is 76.4 Å². The average molecular weight is 365 g/mol. The Kier molecular flexibility index (Phi) is 4.28. The van der Waals surface area contributed by atoms with E-state index in [1.165, 1.54) is 41.0 Å². The van der Waals surface area contributed by atoms with Gasteiger partial charge >= 0.3 is 0 Å². The molecule has 0 saturated heterocycles. The summed E-state index contributed by atoms with van der Waals surface area (Å²) in [7, 11) is 0. The van der Waals surface area contributed by atoms with Crippen molar-refractivity contribution in [3.05, 3.63) is 84.1 Å². The summed E-state index contributed by atoms with van der Waals surface area (Å²) in [5.74, 6) is -0.191. The van der Waals surface area contributed by atoms with E-state index in [1.54, 1.807) is 42.5 Å². The zero-order valence-electron chi connectivity index (χ0n) is 13.4. The maximum Gasteiger partial charge on any atom is 0.280 e. The summed E-state index contributed by atoms with van der Waals surface area (Å²) in [5.41, 5.74) is 1.07. The molecule has 2 aromatic heterocycles. The molecule has 2 heterocycles. The Bertz CT molecular complexity index is 1070. The average Bonchev–Trinajstić information content (AvgIpc) is 3.31. The number of carbonyl (C=O) groups is 1. The van der Waals surface area contributed by atoms with E-state index in [-0.39, 0.29) is 11.7 Å². The molecular weight excluding hydrogens is 353 g/mol. The normalized spacial score (nSPS) is 11.3. The molecule has 4 rings (SSSR count). The van der Waals surface area contributed by atoms with Crippen LogP contribution in [0.25, 0.3) is 10.2 Å². The molecule has 0 aliphatic heterocycles. The first-order chi connectivity index (χ1) is 12.7. The molecule has 0 aliphatic carbocycles. The van der Waals surface area contributed by atoms with Crippen molar-refractivity contribution in [1.29, 1.82) is 0 Å². The van der Waals surface area contributed by atoms with E-state index in [9.17, 15) is 9.18 Å². The Hall–Kier alpha value is -3.32. The SMILES string of the molecule is O=C(c1ccccc1)N(/N=C/c1ccco1)c1nc2ccc(F)cc2s1. The van der Waals surface area contributed by atoms with Crippen molar-refractivity contribution in [1.82, 2.24) is 4.98 Å². The predicted molar refractivity (Wildman–Crippen MR) is 99.1 cm³/mol. The number of aromatic nitrogens is 1. The standard InChI is InChI=1S/C19H12FN3O2S/c20-14-8-9-16-17(11-14)26-19(22-16)23(21-12-15-7-4-10-25-15)18(24)13-5-2-1-3-6-13/h1-12H/b21-12+. The molecule has 4 aromatic rings. The Morgan fingerprint density at radius 2 is 2.00 bits per heavy atom. The molecule has 0 atom stereocenters. The van der Waals surface area contributed by atoms with Gasteiger partial charge in [-0.05, 0) is 42.5 Å². The van der Waals surface area contributed by atoms with E-state index in [4.69, 9.17) is 4.42 Å². The minimum Gasteiger partial charge on any atom is -0.463 e. The first kappa shape index (κ1) is 16.2. The first-order valence-corrected chi connectivity index (χ1v) is 8.55. The number of hydrogen-bond acceptors (Lipinski definition) is 5. The van der Waals surface area contributed by atoms with E-state index in [1.807, 2.05) is 6.07 Å². The lowest BCUT2D eigenvalue weighted by atomic mass is 10.2. The number of fused-ring (bicyclic) bond motifs is 1. The molecule has 0 unspecified atom stereocenters. The molecule has 0 spiro atoms. The van der Waals surface area contributed by atoms with Gasteiger partial charge in [-0.1, -0.05) is 29.5 Å². The molecule has 0 aliphatic rings. The quantitative estimate of drug-likeness (QED) is 0.389. The molecule has 0 N–H and O–H groups in total. The lowest BCUT2D eigenvalue weighted by Crippen LogP contribution is -2.25. The van der Waals surface area contributed by atoms with Crippen LogP contribution < -0.4 is 5.01 Å². The van der Waals surface area contributed by atoms with Crippen molar-refractivity contribution in [2.24, 2.45) is 5.10 Å². The highest BCUT2D eigenvalue weighted by Crippen LogP contribution is 2.30. The van der Waals surface area contributed by atoms with Gasteiger partial charge in [0.15, 0.2) is 0 Å². The Morgan fingerprint density at radius 1 is 1.15 bits per heavy atom. The summed E-state index contributed by atoms with van der Waals surface area (Å²) >= 11 is 1.19. The van der Waals surface area contributed by atoms with Gasteiger partial charge < -0.3 is 4.42 Å². The highest BCUT2D eigenvalue weighted by Gasteiger charge is 2.21. The molecule has 0 fully saturated rings. The molecule has 0 bridgehead atoms. The topological polar surface area (TPSA) is 58.7 Å². The van der Waals surface area contributed by atoms with Crippen molar-refractivity contribution >= 4 is 38.8 Å². The fraction of sp³-hybridized carbons (Fsp3) is 0. The molecule has 2 aromatic carbocycles. The third-order valence-corrected chi connectivity index (χ3v) is 4.57. The van der Waals surface area contributed by atoms with Gasteiger partial charge in [-0.25, -0.2) is 9.37 Å². The van der Waals surface area contributed by atoms with Crippen molar-refractivity contribution in [3.63, 3.8) is 0 Å². The lowest BCUT2D eigenvalue weighted by molar-refractivity contribution is 0.0988. The second-order valence-corrected chi connectivity index (χ2v) is 6.36. The van der Waals surface area contributed by atoms with Crippen LogP contribution in [-0.2, 0) is 0 Å². The predicted octanol–water partition coefficient (Wildman–Crippen LogP) is 4.71. The summed E-state index contributed by atoms with van der Waals surface area (Å²) < 4.78 is 19.3. The molecular formula is C19H12FN3O2S. The summed E-state index contributed by atoms with van der Waals surface area (Å²) in [4.78, 5) is 17.3. The van der Waals surface area contributed by atoms with Crippen LogP contribution in [0.3, 0.4) is 0 Å². The lowest BCUT2D eigenvalue weighted by Gasteiger charge is -2.13. The minimum atomic E-state index is -0.354. The number of anilines is 1. The largest absolute Gasteiger partial charge is 0.463 e. The van der Waals surface area contributed by atoms with Crippen molar-refractivity contribution < 1.29 is 13.6 Å². The highest BCUT2D eigenvalue weighted by atomic mass is 32.1. The van der Waals surface area contributed by atoms with E-state index in [0.29, 0.717) is 26.7 Å². The molecule has 1 amide bonds. The fourth-order valence-corrected chi connectivity index (χ4v) is 3.29. The summed E-state index contributed by atoms with van der Waals surface area (Å²) in [5, 5.41) is 5.79. The molecule has 26 heavy (non-hydrogen) atoms. The zero-order valence-corrected chi connectivity index (χ0v) is 14.2. The summed E-state index contributed by atoms with van der Waals surface area (Å²) in [6.45, 7) is 0. The number of hydrazone groups is 1. The maximum absolute atomic E-state index is 13.5. The number of halogens is 1. The van der Waals surface area contributed by atoms with Gasteiger partial charge in [-0.2, -0.15) is 10.1 Å². The number of thiazole rings is 1. The van der Waals surface area contributed by atoms with Gasteiger partial charge in [0.25, 0.3) is 5.91 Å². The van der Waals surface area contributed by atoms with Gasteiger partial charge in [0, 0.05) is 5.56 Å².